The zero-order chi connectivity index (χ0) is 16.2. The maximum atomic E-state index is 12.0. The second-order valence-corrected chi connectivity index (χ2v) is 7.95. The summed E-state index contributed by atoms with van der Waals surface area (Å²) in [6.07, 6.45) is 8.53. The topological polar surface area (TPSA) is 63.2 Å². The first-order chi connectivity index (χ1) is 10.4. The number of hydrogen-bond acceptors (Lipinski definition) is 3. The van der Waals surface area contributed by atoms with E-state index in [1.807, 2.05) is 6.92 Å². The number of allylic oxidation sites excluding steroid dienone is 1. The van der Waals surface area contributed by atoms with Crippen LogP contribution in [0, 0.1) is 0 Å². The van der Waals surface area contributed by atoms with E-state index in [0.29, 0.717) is 4.90 Å². The highest BCUT2D eigenvalue weighted by atomic mass is 32.2. The van der Waals surface area contributed by atoms with E-state index in [1.165, 1.54) is 31.1 Å². The van der Waals surface area contributed by atoms with E-state index in [1.54, 1.807) is 30.3 Å². The molecule has 2 rings (SSSR count). The van der Waals surface area contributed by atoms with Crippen LogP contribution in [-0.4, -0.2) is 20.6 Å². The van der Waals surface area contributed by atoms with Crippen molar-refractivity contribution in [1.82, 2.24) is 5.32 Å². The average molecular weight is 321 g/mol. The Labute approximate surface area is 132 Å². The Morgan fingerprint density at radius 3 is 2.27 bits per heavy atom. The van der Waals surface area contributed by atoms with Gasteiger partial charge in [0, 0.05) is 12.3 Å². The number of benzene rings is 1. The Morgan fingerprint density at radius 2 is 1.73 bits per heavy atom. The molecule has 0 aromatic heterocycles. The van der Waals surface area contributed by atoms with E-state index in [2.05, 4.69) is 5.32 Å². The first-order valence-electron chi connectivity index (χ1n) is 7.66. The molecule has 0 radical (unpaired) electrons. The van der Waals surface area contributed by atoms with Crippen LogP contribution in [0.1, 0.15) is 50.6 Å². The largest absolute Gasteiger partial charge is 0.346 e. The Kier molecular flexibility index (Phi) is 5.40. The molecular weight excluding hydrogens is 298 g/mol. The average Bonchev–Trinajstić information content (AvgIpc) is 2.47. The molecule has 0 saturated heterocycles. The smallest absolute Gasteiger partial charge is 0.244 e. The second-order valence-electron chi connectivity index (χ2n) is 5.93. The first kappa shape index (κ1) is 16.7. The van der Waals surface area contributed by atoms with Crippen LogP contribution >= 0.6 is 0 Å². The van der Waals surface area contributed by atoms with E-state index in [-0.39, 0.29) is 11.9 Å². The summed E-state index contributed by atoms with van der Waals surface area (Å²) >= 11 is 0. The number of carbonyl (C=O) groups excluding carboxylic acids is 1. The summed E-state index contributed by atoms with van der Waals surface area (Å²) in [6.45, 7) is 1.90. The molecular formula is C17H23NO3S. The van der Waals surface area contributed by atoms with Crippen LogP contribution < -0.4 is 5.32 Å². The van der Waals surface area contributed by atoms with Crippen LogP contribution in [0.5, 0.6) is 0 Å². The fraction of sp³-hybridized carbons (Fsp3) is 0.471. The monoisotopic (exact) mass is 321 g/mol. The summed E-state index contributed by atoms with van der Waals surface area (Å²) in [6, 6.07) is 6.49. The molecule has 1 aromatic carbocycles. The van der Waals surface area contributed by atoms with Crippen LogP contribution in [0.25, 0.3) is 0 Å². The summed E-state index contributed by atoms with van der Waals surface area (Å²) in [5, 5.41) is 2.94. The van der Waals surface area contributed by atoms with E-state index in [9.17, 15) is 13.2 Å². The molecule has 0 unspecified atom stereocenters. The van der Waals surface area contributed by atoms with Gasteiger partial charge >= 0.3 is 0 Å². The van der Waals surface area contributed by atoms with Crippen molar-refractivity contribution >= 4 is 15.7 Å². The molecule has 1 aliphatic carbocycles. The number of rotatable bonds is 4. The molecule has 0 heterocycles. The zero-order valence-corrected chi connectivity index (χ0v) is 13.9. The Morgan fingerprint density at radius 1 is 1.14 bits per heavy atom. The van der Waals surface area contributed by atoms with E-state index >= 15 is 0 Å². The van der Waals surface area contributed by atoms with Gasteiger partial charge < -0.3 is 5.32 Å². The SMILES string of the molecule is C[C@@H](NC(=O)C=C1CCCCC1)c1ccc(S(C)(=O)=O)cc1. The molecule has 1 amide bonds. The minimum Gasteiger partial charge on any atom is -0.346 e. The second kappa shape index (κ2) is 7.09. The highest BCUT2D eigenvalue weighted by Gasteiger charge is 2.12. The normalized spacial score (nSPS) is 16.9. The lowest BCUT2D eigenvalue weighted by Gasteiger charge is -2.16. The number of hydrogen-bond donors (Lipinski definition) is 1. The van der Waals surface area contributed by atoms with Crippen LogP contribution in [0.15, 0.2) is 40.8 Å². The molecule has 0 aliphatic heterocycles. The van der Waals surface area contributed by atoms with Crippen LogP contribution in [-0.2, 0) is 14.6 Å². The molecule has 1 N–H and O–H groups in total. The van der Waals surface area contributed by atoms with Gasteiger partial charge in [0.15, 0.2) is 9.84 Å². The number of sulfone groups is 1. The third-order valence-corrected chi connectivity index (χ3v) is 5.13. The number of carbonyl (C=O) groups is 1. The van der Waals surface area contributed by atoms with Crippen LogP contribution in [0.2, 0.25) is 0 Å². The highest BCUT2D eigenvalue weighted by molar-refractivity contribution is 7.90. The minimum absolute atomic E-state index is 0.0726. The fourth-order valence-corrected chi connectivity index (χ4v) is 3.31. The lowest BCUT2D eigenvalue weighted by atomic mass is 9.94. The summed E-state index contributed by atoms with van der Waals surface area (Å²) in [4.78, 5) is 12.3. The highest BCUT2D eigenvalue weighted by Crippen LogP contribution is 2.22. The molecule has 1 fully saturated rings. The molecule has 120 valence electrons. The van der Waals surface area contributed by atoms with Crippen molar-refractivity contribution in [2.45, 2.75) is 50.0 Å². The van der Waals surface area contributed by atoms with Crippen LogP contribution in [0.4, 0.5) is 0 Å². The minimum atomic E-state index is -3.18. The Bertz CT molecular complexity index is 652. The van der Waals surface area contributed by atoms with Gasteiger partial charge in [-0.25, -0.2) is 8.42 Å². The van der Waals surface area contributed by atoms with Crippen molar-refractivity contribution in [3.63, 3.8) is 0 Å². The van der Waals surface area contributed by atoms with Crippen molar-refractivity contribution in [3.8, 4) is 0 Å². The predicted octanol–water partition coefficient (Wildman–Crippen LogP) is 3.16. The van der Waals surface area contributed by atoms with Gasteiger partial charge in [-0.1, -0.05) is 24.1 Å². The van der Waals surface area contributed by atoms with Gasteiger partial charge in [0.25, 0.3) is 0 Å². The quantitative estimate of drug-likeness (QED) is 0.866. The fourth-order valence-electron chi connectivity index (χ4n) is 2.68. The van der Waals surface area contributed by atoms with E-state index in [0.717, 1.165) is 18.4 Å². The molecule has 0 spiro atoms. The van der Waals surface area contributed by atoms with Gasteiger partial charge in [-0.2, -0.15) is 0 Å². The molecule has 1 saturated carbocycles. The summed E-state index contributed by atoms with van der Waals surface area (Å²) < 4.78 is 22.9. The van der Waals surface area contributed by atoms with E-state index in [4.69, 9.17) is 0 Å². The Balaban J connectivity index is 1.99. The van der Waals surface area contributed by atoms with Gasteiger partial charge in [0.05, 0.1) is 10.9 Å². The Hall–Kier alpha value is -1.62. The number of amides is 1. The summed E-state index contributed by atoms with van der Waals surface area (Å²) in [5.41, 5.74) is 2.12. The third kappa shape index (κ3) is 4.70. The molecule has 0 bridgehead atoms. The maximum Gasteiger partial charge on any atom is 0.244 e. The van der Waals surface area contributed by atoms with Crippen molar-refractivity contribution in [2.24, 2.45) is 0 Å². The molecule has 5 heteroatoms. The molecule has 1 atom stereocenters. The standard InChI is InChI=1S/C17H23NO3S/c1-13(15-8-10-16(11-9-15)22(2,20)21)18-17(19)12-14-6-4-3-5-7-14/h8-13H,3-7H2,1-2H3,(H,18,19)/t13-/m1/s1. The van der Waals surface area contributed by atoms with Crippen LogP contribution in [0.3, 0.4) is 0 Å². The van der Waals surface area contributed by atoms with Crippen molar-refractivity contribution in [1.29, 1.82) is 0 Å². The van der Waals surface area contributed by atoms with Crippen molar-refractivity contribution in [2.75, 3.05) is 6.26 Å². The first-order valence-corrected chi connectivity index (χ1v) is 9.55. The summed E-state index contributed by atoms with van der Waals surface area (Å²) in [5.74, 6) is -0.0726. The van der Waals surface area contributed by atoms with Gasteiger partial charge in [0.1, 0.15) is 0 Å². The number of nitrogens with one attached hydrogen (secondary N) is 1. The lowest BCUT2D eigenvalue weighted by molar-refractivity contribution is -0.117. The molecule has 22 heavy (non-hydrogen) atoms. The molecule has 4 nitrogen and oxygen atoms in total. The molecule has 1 aromatic rings. The van der Waals surface area contributed by atoms with E-state index < -0.39 is 9.84 Å². The van der Waals surface area contributed by atoms with Gasteiger partial charge in [-0.3, -0.25) is 4.79 Å². The molecule has 1 aliphatic rings. The summed E-state index contributed by atoms with van der Waals surface area (Å²) in [7, 11) is -3.18. The van der Waals surface area contributed by atoms with Gasteiger partial charge in [-0.05, 0) is 50.3 Å². The lowest BCUT2D eigenvalue weighted by Crippen LogP contribution is -2.25. The predicted molar refractivity (Wildman–Crippen MR) is 87.3 cm³/mol. The zero-order valence-electron chi connectivity index (χ0n) is 13.1. The van der Waals surface area contributed by atoms with Gasteiger partial charge in [0.2, 0.25) is 5.91 Å². The van der Waals surface area contributed by atoms with Crippen molar-refractivity contribution in [3.05, 3.63) is 41.5 Å². The van der Waals surface area contributed by atoms with Crippen molar-refractivity contribution < 1.29 is 13.2 Å². The third-order valence-electron chi connectivity index (χ3n) is 4.00. The maximum absolute atomic E-state index is 12.0. The van der Waals surface area contributed by atoms with Gasteiger partial charge in [-0.15, -0.1) is 0 Å².